The number of amides is 2. The number of nitrogens with one attached hydrogen (secondary N) is 2. The number of carbonyl (C=O) groups is 2. The van der Waals surface area contributed by atoms with Crippen LogP contribution >= 0.6 is 0 Å². The Hall–Kier alpha value is -2.70. The first-order valence-electron chi connectivity index (χ1n) is 11.6. The summed E-state index contributed by atoms with van der Waals surface area (Å²) in [6.07, 6.45) is 1.79. The van der Waals surface area contributed by atoms with Crippen molar-refractivity contribution in [3.63, 3.8) is 0 Å². The van der Waals surface area contributed by atoms with Crippen LogP contribution in [0.25, 0.3) is 0 Å². The number of benzene rings is 2. The molecule has 0 aromatic heterocycles. The van der Waals surface area contributed by atoms with Gasteiger partial charge in [0.25, 0.3) is 0 Å². The van der Waals surface area contributed by atoms with Crippen LogP contribution < -0.4 is 10.6 Å². The quantitative estimate of drug-likeness (QED) is 0.417. The van der Waals surface area contributed by atoms with Gasteiger partial charge in [-0.15, -0.1) is 0 Å². The lowest BCUT2D eigenvalue weighted by molar-refractivity contribution is -0.140. The van der Waals surface area contributed by atoms with Gasteiger partial charge in [0.05, 0.1) is 23.3 Å². The molecule has 6 heteroatoms. The maximum atomic E-state index is 13.3. The summed E-state index contributed by atoms with van der Waals surface area (Å²) in [5.74, 6) is -0.755. The second-order valence-electron chi connectivity index (χ2n) is 10.3. The summed E-state index contributed by atoms with van der Waals surface area (Å²) in [7, 11) is 0. The normalized spacial score (nSPS) is 17.0. The minimum absolute atomic E-state index is 0.378. The highest BCUT2D eigenvalue weighted by Crippen LogP contribution is 2.46. The molecule has 178 valence electrons. The fourth-order valence-electron chi connectivity index (χ4n) is 3.93. The molecule has 0 spiro atoms. The second kappa shape index (κ2) is 9.65. The van der Waals surface area contributed by atoms with Gasteiger partial charge in [0.2, 0.25) is 11.8 Å². The van der Waals surface area contributed by atoms with Crippen molar-refractivity contribution in [2.75, 3.05) is 0 Å². The number of rotatable bonds is 10. The Morgan fingerprint density at radius 2 is 1.09 bits per heavy atom. The fourth-order valence-corrected chi connectivity index (χ4v) is 3.93. The third-order valence-corrected chi connectivity index (χ3v) is 6.50. The molecular formula is C27H36N2O4. The highest BCUT2D eigenvalue weighted by atomic mass is 16.3. The Morgan fingerprint density at radius 3 is 1.36 bits per heavy atom. The highest BCUT2D eigenvalue weighted by molar-refractivity contribution is 6.08. The van der Waals surface area contributed by atoms with E-state index in [9.17, 15) is 19.8 Å². The number of aliphatic hydroxyl groups is 2. The first kappa shape index (κ1) is 24.9. The molecule has 2 aromatic rings. The Labute approximate surface area is 196 Å². The topological polar surface area (TPSA) is 98.7 Å². The standard InChI is InChI=1S/C27H36N2O4/c1-25(2,32)21(17-19-11-7-5-8-12-19)28-23(30)27(15-16-27)24(31)29-22(26(3,4)33)18-20-13-9-6-10-14-20/h5-14,21-22,32-33H,15-18H2,1-4H3,(H,28,30)(H,29,31)/t21-,22-/m1/s1. The summed E-state index contributed by atoms with van der Waals surface area (Å²) in [5, 5.41) is 27.2. The van der Waals surface area contributed by atoms with Gasteiger partial charge in [-0.05, 0) is 64.5 Å². The maximum Gasteiger partial charge on any atom is 0.236 e. The van der Waals surface area contributed by atoms with Crippen LogP contribution in [0.2, 0.25) is 0 Å². The summed E-state index contributed by atoms with van der Waals surface area (Å²) >= 11 is 0. The molecule has 1 fully saturated rings. The summed E-state index contributed by atoms with van der Waals surface area (Å²) in [5.41, 5.74) is -1.52. The summed E-state index contributed by atoms with van der Waals surface area (Å²) < 4.78 is 0. The van der Waals surface area contributed by atoms with Crippen LogP contribution in [0.4, 0.5) is 0 Å². The lowest BCUT2D eigenvalue weighted by Crippen LogP contribution is -2.57. The monoisotopic (exact) mass is 452 g/mol. The van der Waals surface area contributed by atoms with Gasteiger partial charge in [-0.1, -0.05) is 60.7 Å². The van der Waals surface area contributed by atoms with E-state index in [-0.39, 0.29) is 11.8 Å². The van der Waals surface area contributed by atoms with Crippen molar-refractivity contribution in [3.05, 3.63) is 71.8 Å². The average molecular weight is 453 g/mol. The van der Waals surface area contributed by atoms with E-state index >= 15 is 0 Å². The molecule has 4 N–H and O–H groups in total. The summed E-state index contributed by atoms with van der Waals surface area (Å²) in [4.78, 5) is 26.5. The third-order valence-electron chi connectivity index (χ3n) is 6.50. The van der Waals surface area contributed by atoms with E-state index in [0.29, 0.717) is 25.7 Å². The van der Waals surface area contributed by atoms with Gasteiger partial charge in [-0.2, -0.15) is 0 Å². The zero-order valence-corrected chi connectivity index (χ0v) is 20.0. The van der Waals surface area contributed by atoms with Crippen LogP contribution in [0.5, 0.6) is 0 Å². The van der Waals surface area contributed by atoms with E-state index in [1.165, 1.54) is 0 Å². The van der Waals surface area contributed by atoms with Crippen molar-refractivity contribution in [2.45, 2.75) is 76.7 Å². The van der Waals surface area contributed by atoms with Crippen molar-refractivity contribution in [3.8, 4) is 0 Å². The van der Waals surface area contributed by atoms with Crippen LogP contribution in [0, 0.1) is 5.41 Å². The van der Waals surface area contributed by atoms with Gasteiger partial charge in [-0.25, -0.2) is 0 Å². The molecule has 33 heavy (non-hydrogen) atoms. The molecule has 1 aliphatic carbocycles. The molecule has 2 amide bonds. The number of carbonyl (C=O) groups excluding carboxylic acids is 2. The third kappa shape index (κ3) is 6.42. The molecule has 0 aliphatic heterocycles. The molecule has 2 atom stereocenters. The molecule has 3 rings (SSSR count). The first-order valence-corrected chi connectivity index (χ1v) is 11.6. The molecule has 0 bridgehead atoms. The van der Waals surface area contributed by atoms with Gasteiger partial charge < -0.3 is 20.8 Å². The van der Waals surface area contributed by atoms with Crippen LogP contribution in [-0.4, -0.2) is 45.3 Å². The van der Waals surface area contributed by atoms with Gasteiger partial charge in [0, 0.05) is 0 Å². The van der Waals surface area contributed by atoms with Crippen molar-refractivity contribution >= 4 is 11.8 Å². The van der Waals surface area contributed by atoms with Crippen molar-refractivity contribution in [1.82, 2.24) is 10.6 Å². The van der Waals surface area contributed by atoms with Gasteiger partial charge >= 0.3 is 0 Å². The average Bonchev–Trinajstić information content (AvgIpc) is 3.55. The fraction of sp³-hybridized carbons (Fsp3) is 0.481. The summed E-state index contributed by atoms with van der Waals surface area (Å²) in [6, 6.07) is 18.2. The van der Waals surface area contributed by atoms with Crippen LogP contribution in [0.1, 0.15) is 51.7 Å². The summed E-state index contributed by atoms with van der Waals surface area (Å²) in [6.45, 7) is 6.63. The van der Waals surface area contributed by atoms with Gasteiger partial charge in [-0.3, -0.25) is 9.59 Å². The van der Waals surface area contributed by atoms with Crippen molar-refractivity contribution in [2.24, 2.45) is 5.41 Å². The van der Waals surface area contributed by atoms with Crippen LogP contribution in [0.3, 0.4) is 0 Å². The molecule has 0 saturated heterocycles. The maximum absolute atomic E-state index is 13.3. The molecule has 1 saturated carbocycles. The lowest BCUT2D eigenvalue weighted by Gasteiger charge is -2.33. The number of hydrogen-bond acceptors (Lipinski definition) is 4. The predicted octanol–water partition coefficient (Wildman–Crippen LogP) is 2.76. The van der Waals surface area contributed by atoms with Crippen molar-refractivity contribution < 1.29 is 19.8 Å². The Morgan fingerprint density at radius 1 is 0.758 bits per heavy atom. The van der Waals surface area contributed by atoms with Gasteiger partial charge in [0.15, 0.2) is 0 Å². The molecular weight excluding hydrogens is 416 g/mol. The van der Waals surface area contributed by atoms with E-state index in [1.54, 1.807) is 27.7 Å². The van der Waals surface area contributed by atoms with E-state index in [4.69, 9.17) is 0 Å². The molecule has 6 nitrogen and oxygen atoms in total. The second-order valence-corrected chi connectivity index (χ2v) is 10.3. The minimum atomic E-state index is -1.17. The SMILES string of the molecule is CC(C)(O)[C@@H](Cc1ccccc1)NC(=O)C1(C(=O)N[C@H](Cc2ccccc2)C(C)(C)O)CC1. The first-order chi connectivity index (χ1) is 15.4. The van der Waals surface area contributed by atoms with E-state index in [0.717, 1.165) is 11.1 Å². The Kier molecular flexibility index (Phi) is 7.29. The molecule has 1 aliphatic rings. The molecule has 0 radical (unpaired) electrons. The lowest BCUT2D eigenvalue weighted by atomic mass is 9.90. The zero-order chi connectivity index (χ0) is 24.3. The van der Waals surface area contributed by atoms with E-state index in [1.807, 2.05) is 60.7 Å². The molecule has 0 heterocycles. The van der Waals surface area contributed by atoms with E-state index in [2.05, 4.69) is 10.6 Å². The van der Waals surface area contributed by atoms with E-state index < -0.39 is 28.7 Å². The molecule has 2 aromatic carbocycles. The largest absolute Gasteiger partial charge is 0.388 e. The van der Waals surface area contributed by atoms with Crippen LogP contribution in [0.15, 0.2) is 60.7 Å². The van der Waals surface area contributed by atoms with Crippen molar-refractivity contribution in [1.29, 1.82) is 0 Å². The number of hydrogen-bond donors (Lipinski definition) is 4. The highest BCUT2D eigenvalue weighted by Gasteiger charge is 2.57. The Bertz CT molecular complexity index is 866. The van der Waals surface area contributed by atoms with Gasteiger partial charge in [0.1, 0.15) is 5.41 Å². The van der Waals surface area contributed by atoms with Crippen LogP contribution in [-0.2, 0) is 22.4 Å². The smallest absolute Gasteiger partial charge is 0.236 e. The predicted molar refractivity (Wildman–Crippen MR) is 128 cm³/mol. The minimum Gasteiger partial charge on any atom is -0.388 e. The zero-order valence-electron chi connectivity index (χ0n) is 20.0. The molecule has 0 unspecified atom stereocenters. The Balaban J connectivity index is 1.72.